The molecule has 0 aliphatic carbocycles. The van der Waals surface area contributed by atoms with Crippen molar-refractivity contribution in [3.05, 3.63) is 71.3 Å². The molecule has 0 saturated carbocycles. The van der Waals surface area contributed by atoms with Crippen LogP contribution < -0.4 is 5.32 Å². The average Bonchev–Trinajstić information content (AvgIpc) is 3.08. The van der Waals surface area contributed by atoms with E-state index in [9.17, 15) is 5.26 Å². The van der Waals surface area contributed by atoms with E-state index in [1.165, 1.54) is 5.56 Å². The van der Waals surface area contributed by atoms with Crippen molar-refractivity contribution in [2.45, 2.75) is 33.1 Å². The lowest BCUT2D eigenvalue weighted by Crippen LogP contribution is -2.04. The number of aromatic nitrogens is 2. The van der Waals surface area contributed by atoms with Gasteiger partial charge in [0.1, 0.15) is 11.9 Å². The van der Waals surface area contributed by atoms with Crippen LogP contribution in [0, 0.1) is 11.3 Å². The summed E-state index contributed by atoms with van der Waals surface area (Å²) >= 11 is 0. The Hall–Kier alpha value is -3.32. The van der Waals surface area contributed by atoms with Crippen LogP contribution in [0.15, 0.2) is 54.6 Å². The number of hydrogen-bond acceptors (Lipinski definition) is 3. The first-order chi connectivity index (χ1) is 13.1. The Balaban J connectivity index is 1.98. The summed E-state index contributed by atoms with van der Waals surface area (Å²) in [6.07, 6.45) is 1.02. The Labute approximate surface area is 159 Å². The molecule has 2 aromatic heterocycles. The van der Waals surface area contributed by atoms with Crippen molar-refractivity contribution in [2.24, 2.45) is 0 Å². The van der Waals surface area contributed by atoms with Crippen LogP contribution in [0.1, 0.15) is 43.4 Å². The van der Waals surface area contributed by atoms with Crippen molar-refractivity contribution < 1.29 is 0 Å². The summed E-state index contributed by atoms with van der Waals surface area (Å²) in [5.74, 6) is 1.15. The number of rotatable bonds is 4. The van der Waals surface area contributed by atoms with Crippen LogP contribution in [0.3, 0.4) is 0 Å². The fraction of sp³-hybridized carbons (Fsp3) is 0.217. The first-order valence-electron chi connectivity index (χ1n) is 9.32. The van der Waals surface area contributed by atoms with Gasteiger partial charge in [-0.05, 0) is 53.8 Å². The molecule has 27 heavy (non-hydrogen) atoms. The molecular formula is C23H22N4. The largest absolute Gasteiger partial charge is 0.341 e. The molecule has 4 aromatic rings. The Morgan fingerprint density at radius 2 is 1.85 bits per heavy atom. The van der Waals surface area contributed by atoms with Crippen LogP contribution in [0.25, 0.3) is 16.7 Å². The summed E-state index contributed by atoms with van der Waals surface area (Å²) < 4.78 is 2.05. The second kappa shape index (κ2) is 6.77. The number of para-hydroxylation sites is 2. The summed E-state index contributed by atoms with van der Waals surface area (Å²) in [5, 5.41) is 13.3. The zero-order valence-electron chi connectivity index (χ0n) is 15.8. The maximum Gasteiger partial charge on any atom is 0.157 e. The highest BCUT2D eigenvalue weighted by atomic mass is 15.1. The molecule has 1 N–H and O–H groups in total. The number of pyridine rings is 1. The van der Waals surface area contributed by atoms with Crippen molar-refractivity contribution in [2.75, 3.05) is 5.32 Å². The molecule has 2 heterocycles. The van der Waals surface area contributed by atoms with Gasteiger partial charge in [-0.15, -0.1) is 0 Å². The lowest BCUT2D eigenvalue weighted by Gasteiger charge is -2.16. The standard InChI is InChI=1S/C23H22N4/c1-4-16-9-11-17(12-10-16)25-22-13-18(15(2)3)19(14-24)23-26-20-7-5-6-8-21(20)27(22)23/h5-13,15,25H,4H2,1-3H3. The number of nitriles is 1. The maximum atomic E-state index is 9.81. The summed E-state index contributed by atoms with van der Waals surface area (Å²) in [5.41, 5.74) is 6.57. The fourth-order valence-electron chi connectivity index (χ4n) is 3.48. The van der Waals surface area contributed by atoms with E-state index in [1.54, 1.807) is 0 Å². The molecule has 0 fully saturated rings. The number of anilines is 2. The van der Waals surface area contributed by atoms with Gasteiger partial charge in [0.05, 0.1) is 16.6 Å². The summed E-state index contributed by atoms with van der Waals surface area (Å²) in [6.45, 7) is 6.36. The van der Waals surface area contributed by atoms with Gasteiger partial charge in [0, 0.05) is 5.69 Å². The second-order valence-electron chi connectivity index (χ2n) is 7.06. The molecule has 0 bridgehead atoms. The molecule has 0 unspecified atom stereocenters. The molecule has 0 aliphatic rings. The highest BCUT2D eigenvalue weighted by Gasteiger charge is 2.18. The van der Waals surface area contributed by atoms with E-state index >= 15 is 0 Å². The van der Waals surface area contributed by atoms with Crippen LogP contribution in [0.2, 0.25) is 0 Å². The van der Waals surface area contributed by atoms with Gasteiger partial charge in [-0.1, -0.05) is 45.0 Å². The zero-order valence-corrected chi connectivity index (χ0v) is 15.8. The molecule has 0 saturated heterocycles. The van der Waals surface area contributed by atoms with Crippen LogP contribution in [0.4, 0.5) is 11.5 Å². The molecule has 4 nitrogen and oxygen atoms in total. The first-order valence-corrected chi connectivity index (χ1v) is 9.32. The van der Waals surface area contributed by atoms with E-state index in [1.807, 2.05) is 28.7 Å². The highest BCUT2D eigenvalue weighted by molar-refractivity contribution is 5.86. The van der Waals surface area contributed by atoms with E-state index in [-0.39, 0.29) is 5.92 Å². The van der Waals surface area contributed by atoms with Gasteiger partial charge in [-0.25, -0.2) is 4.98 Å². The van der Waals surface area contributed by atoms with Crippen molar-refractivity contribution in [1.82, 2.24) is 9.38 Å². The van der Waals surface area contributed by atoms with Gasteiger partial charge < -0.3 is 5.32 Å². The molecule has 0 aliphatic heterocycles. The van der Waals surface area contributed by atoms with Gasteiger partial charge in [0.25, 0.3) is 0 Å². The first kappa shape index (κ1) is 17.1. The van der Waals surface area contributed by atoms with E-state index in [4.69, 9.17) is 4.98 Å². The Bertz CT molecular complexity index is 1160. The van der Waals surface area contributed by atoms with Gasteiger partial charge >= 0.3 is 0 Å². The minimum absolute atomic E-state index is 0.229. The number of benzene rings is 2. The molecule has 4 heteroatoms. The number of nitrogens with zero attached hydrogens (tertiary/aromatic N) is 3. The maximum absolute atomic E-state index is 9.81. The second-order valence-corrected chi connectivity index (χ2v) is 7.06. The monoisotopic (exact) mass is 354 g/mol. The predicted molar refractivity (Wildman–Crippen MR) is 111 cm³/mol. The predicted octanol–water partition coefficient (Wildman–Crippen LogP) is 5.79. The average molecular weight is 354 g/mol. The van der Waals surface area contributed by atoms with Crippen molar-refractivity contribution in [3.8, 4) is 6.07 Å². The SMILES string of the molecule is CCc1ccc(Nc2cc(C(C)C)c(C#N)c3nc4ccccc4n23)cc1. The number of hydrogen-bond donors (Lipinski definition) is 1. The number of fused-ring (bicyclic) bond motifs is 3. The lowest BCUT2D eigenvalue weighted by atomic mass is 9.99. The minimum Gasteiger partial charge on any atom is -0.341 e. The number of nitrogens with one attached hydrogen (secondary N) is 1. The Kier molecular flexibility index (Phi) is 4.29. The van der Waals surface area contributed by atoms with Crippen LogP contribution >= 0.6 is 0 Å². The smallest absolute Gasteiger partial charge is 0.157 e. The third-order valence-electron chi connectivity index (χ3n) is 4.97. The Morgan fingerprint density at radius 1 is 1.11 bits per heavy atom. The molecule has 0 spiro atoms. The van der Waals surface area contributed by atoms with E-state index < -0.39 is 0 Å². The summed E-state index contributed by atoms with van der Waals surface area (Å²) in [4.78, 5) is 4.76. The van der Waals surface area contributed by atoms with Crippen LogP contribution in [-0.4, -0.2) is 9.38 Å². The molecule has 134 valence electrons. The van der Waals surface area contributed by atoms with Crippen molar-refractivity contribution in [3.63, 3.8) is 0 Å². The van der Waals surface area contributed by atoms with E-state index in [0.717, 1.165) is 34.5 Å². The van der Waals surface area contributed by atoms with Crippen molar-refractivity contribution >= 4 is 28.2 Å². The normalized spacial score (nSPS) is 11.2. The summed E-state index contributed by atoms with van der Waals surface area (Å²) in [6, 6.07) is 20.9. The molecule has 0 radical (unpaired) electrons. The molecular weight excluding hydrogens is 332 g/mol. The lowest BCUT2D eigenvalue weighted by molar-refractivity contribution is 0.860. The quantitative estimate of drug-likeness (QED) is 0.505. The van der Waals surface area contributed by atoms with E-state index in [2.05, 4.69) is 62.5 Å². The highest BCUT2D eigenvalue weighted by Crippen LogP contribution is 2.32. The third kappa shape index (κ3) is 2.92. The minimum atomic E-state index is 0.229. The fourth-order valence-corrected chi connectivity index (χ4v) is 3.48. The summed E-state index contributed by atoms with van der Waals surface area (Å²) in [7, 11) is 0. The Morgan fingerprint density at radius 3 is 2.52 bits per heavy atom. The third-order valence-corrected chi connectivity index (χ3v) is 4.97. The van der Waals surface area contributed by atoms with Crippen molar-refractivity contribution in [1.29, 1.82) is 5.26 Å². The van der Waals surface area contributed by atoms with E-state index in [0.29, 0.717) is 11.2 Å². The molecule has 4 rings (SSSR count). The van der Waals surface area contributed by atoms with Gasteiger partial charge in [-0.2, -0.15) is 5.26 Å². The molecule has 0 atom stereocenters. The molecule has 0 amide bonds. The van der Waals surface area contributed by atoms with Gasteiger partial charge in [0.15, 0.2) is 5.65 Å². The van der Waals surface area contributed by atoms with Gasteiger partial charge in [-0.3, -0.25) is 4.40 Å². The van der Waals surface area contributed by atoms with Gasteiger partial charge in [0.2, 0.25) is 0 Å². The van der Waals surface area contributed by atoms with Crippen LogP contribution in [-0.2, 0) is 6.42 Å². The number of aryl methyl sites for hydroxylation is 1. The molecule has 2 aromatic carbocycles. The number of imidazole rings is 1. The zero-order chi connectivity index (χ0) is 19.0. The topological polar surface area (TPSA) is 53.1 Å². The van der Waals surface area contributed by atoms with Crippen LogP contribution in [0.5, 0.6) is 0 Å².